The molecule has 6 nitrogen and oxygen atoms in total. The first-order chi connectivity index (χ1) is 12.6. The van der Waals surface area contributed by atoms with Gasteiger partial charge in [-0.05, 0) is 44.9 Å². The molecule has 1 aliphatic rings. The van der Waals surface area contributed by atoms with Crippen molar-refractivity contribution in [3.63, 3.8) is 0 Å². The van der Waals surface area contributed by atoms with Crippen LogP contribution in [0, 0.1) is 11.3 Å². The van der Waals surface area contributed by atoms with Crippen LogP contribution in [0.2, 0.25) is 0 Å². The number of carbonyl (C=O) groups is 1. The minimum atomic E-state index is -0.391. The summed E-state index contributed by atoms with van der Waals surface area (Å²) >= 11 is 0. The maximum atomic E-state index is 12.3. The number of nitriles is 1. The fourth-order valence-electron chi connectivity index (χ4n) is 3.02. The molecule has 1 amide bonds. The molecule has 140 valence electrons. The van der Waals surface area contributed by atoms with Crippen LogP contribution in [0.1, 0.15) is 32.3 Å². The lowest BCUT2D eigenvalue weighted by molar-refractivity contribution is -0.117. The Kier molecular flexibility index (Phi) is 7.49. The standard InChI is InChI=1S/C20H27N3O3/c1-4-23(5-2)17-9-8-15(19(12-17)25-3)11-16(13-21)20(24)22-14-18-7-6-10-26-18/h8-9,11-12,18H,4-7,10,14H2,1-3H3,(H,22,24)/b16-11+/t18-/m0/s1. The van der Waals surface area contributed by atoms with Gasteiger partial charge in [-0.1, -0.05) is 0 Å². The Balaban J connectivity index is 2.16. The van der Waals surface area contributed by atoms with Crippen molar-refractivity contribution in [3.05, 3.63) is 29.3 Å². The van der Waals surface area contributed by atoms with Gasteiger partial charge in [-0.2, -0.15) is 5.26 Å². The van der Waals surface area contributed by atoms with Crippen molar-refractivity contribution in [3.8, 4) is 11.8 Å². The predicted octanol–water partition coefficient (Wildman–Crippen LogP) is 2.74. The minimum absolute atomic E-state index is 0.0433. The number of amides is 1. The van der Waals surface area contributed by atoms with E-state index in [-0.39, 0.29) is 11.7 Å². The molecule has 1 fully saturated rings. The van der Waals surface area contributed by atoms with Gasteiger partial charge in [-0.25, -0.2) is 0 Å². The Bertz CT molecular complexity index is 684. The number of hydrogen-bond acceptors (Lipinski definition) is 5. The van der Waals surface area contributed by atoms with Crippen LogP contribution in [-0.4, -0.2) is 45.4 Å². The summed E-state index contributed by atoms with van der Waals surface area (Å²) in [7, 11) is 1.59. The topological polar surface area (TPSA) is 74.6 Å². The van der Waals surface area contributed by atoms with Crippen LogP contribution in [0.15, 0.2) is 23.8 Å². The number of nitrogens with one attached hydrogen (secondary N) is 1. The highest BCUT2D eigenvalue weighted by atomic mass is 16.5. The first kappa shape index (κ1) is 19.8. The molecule has 0 bridgehead atoms. The molecule has 0 spiro atoms. The molecule has 1 saturated heterocycles. The smallest absolute Gasteiger partial charge is 0.262 e. The van der Waals surface area contributed by atoms with Gasteiger partial charge in [0, 0.05) is 43.6 Å². The monoisotopic (exact) mass is 357 g/mol. The van der Waals surface area contributed by atoms with Crippen molar-refractivity contribution in [1.82, 2.24) is 5.32 Å². The summed E-state index contributed by atoms with van der Waals surface area (Å²) in [5.74, 6) is 0.243. The number of nitrogens with zero attached hydrogens (tertiary/aromatic N) is 2. The van der Waals surface area contributed by atoms with Crippen LogP contribution < -0.4 is 15.0 Å². The van der Waals surface area contributed by atoms with E-state index >= 15 is 0 Å². The van der Waals surface area contributed by atoms with E-state index < -0.39 is 5.91 Å². The summed E-state index contributed by atoms with van der Waals surface area (Å²) in [5, 5.41) is 12.2. The molecule has 0 aromatic heterocycles. The van der Waals surface area contributed by atoms with Gasteiger partial charge >= 0.3 is 0 Å². The molecule has 26 heavy (non-hydrogen) atoms. The van der Waals surface area contributed by atoms with Gasteiger partial charge in [-0.15, -0.1) is 0 Å². The van der Waals surface area contributed by atoms with Crippen LogP contribution in [-0.2, 0) is 9.53 Å². The van der Waals surface area contributed by atoms with Crippen LogP contribution in [0.3, 0.4) is 0 Å². The molecule has 6 heteroatoms. The molecule has 1 aliphatic heterocycles. The van der Waals surface area contributed by atoms with Gasteiger partial charge in [0.05, 0.1) is 13.2 Å². The second-order valence-electron chi connectivity index (χ2n) is 6.11. The summed E-state index contributed by atoms with van der Waals surface area (Å²) in [6.07, 6.45) is 3.56. The second-order valence-corrected chi connectivity index (χ2v) is 6.11. The van der Waals surface area contributed by atoms with Crippen LogP contribution in [0.5, 0.6) is 5.75 Å². The lowest BCUT2D eigenvalue weighted by Gasteiger charge is -2.22. The fraction of sp³-hybridized carbons (Fsp3) is 0.500. The summed E-state index contributed by atoms with van der Waals surface area (Å²) in [4.78, 5) is 14.5. The van der Waals surface area contributed by atoms with Crippen molar-refractivity contribution in [2.24, 2.45) is 0 Å². The van der Waals surface area contributed by atoms with Crippen molar-refractivity contribution in [2.45, 2.75) is 32.8 Å². The average molecular weight is 357 g/mol. The van der Waals surface area contributed by atoms with Crippen LogP contribution >= 0.6 is 0 Å². The van der Waals surface area contributed by atoms with Gasteiger partial charge in [0.25, 0.3) is 5.91 Å². The van der Waals surface area contributed by atoms with Crippen molar-refractivity contribution in [1.29, 1.82) is 5.26 Å². The third kappa shape index (κ3) is 4.99. The van der Waals surface area contributed by atoms with E-state index in [9.17, 15) is 10.1 Å². The SMILES string of the molecule is CCN(CC)c1ccc(/C=C(\C#N)C(=O)NC[C@@H]2CCCO2)c(OC)c1. The van der Waals surface area contributed by atoms with Gasteiger partial charge < -0.3 is 19.7 Å². The quantitative estimate of drug-likeness (QED) is 0.572. The minimum Gasteiger partial charge on any atom is -0.496 e. The highest BCUT2D eigenvalue weighted by molar-refractivity contribution is 6.02. The van der Waals surface area contributed by atoms with Gasteiger partial charge in [0.15, 0.2) is 0 Å². The van der Waals surface area contributed by atoms with E-state index in [0.717, 1.165) is 38.2 Å². The number of benzene rings is 1. The summed E-state index contributed by atoms with van der Waals surface area (Å²) in [5.41, 5.74) is 1.80. The molecule has 2 rings (SSSR count). The van der Waals surface area contributed by atoms with Gasteiger partial charge in [0.1, 0.15) is 17.4 Å². The number of carbonyl (C=O) groups excluding carboxylic acids is 1. The molecule has 1 aromatic rings. The normalized spacial score (nSPS) is 16.8. The first-order valence-corrected chi connectivity index (χ1v) is 9.07. The third-order valence-electron chi connectivity index (χ3n) is 4.52. The Morgan fingerprint density at radius 2 is 2.23 bits per heavy atom. The molecular weight excluding hydrogens is 330 g/mol. The van der Waals surface area contributed by atoms with E-state index in [1.54, 1.807) is 13.2 Å². The highest BCUT2D eigenvalue weighted by Gasteiger charge is 2.18. The third-order valence-corrected chi connectivity index (χ3v) is 4.52. The fourth-order valence-corrected chi connectivity index (χ4v) is 3.02. The van der Waals surface area contributed by atoms with E-state index in [1.807, 2.05) is 24.3 Å². The van der Waals surface area contributed by atoms with E-state index in [2.05, 4.69) is 24.1 Å². The zero-order chi connectivity index (χ0) is 18.9. The lowest BCUT2D eigenvalue weighted by Crippen LogP contribution is -2.32. The molecule has 1 N–H and O–H groups in total. The largest absolute Gasteiger partial charge is 0.496 e. The van der Waals surface area contributed by atoms with Crippen molar-refractivity contribution >= 4 is 17.7 Å². The number of hydrogen-bond donors (Lipinski definition) is 1. The van der Waals surface area contributed by atoms with Crippen molar-refractivity contribution in [2.75, 3.05) is 38.3 Å². The van der Waals surface area contributed by atoms with E-state index in [1.165, 1.54) is 0 Å². The van der Waals surface area contributed by atoms with Crippen LogP contribution in [0.4, 0.5) is 5.69 Å². The average Bonchev–Trinajstić information content (AvgIpc) is 3.19. The number of rotatable bonds is 8. The zero-order valence-corrected chi connectivity index (χ0v) is 15.7. The number of anilines is 1. The zero-order valence-electron chi connectivity index (χ0n) is 15.7. The second kappa shape index (κ2) is 9.83. The summed E-state index contributed by atoms with van der Waals surface area (Å²) in [6, 6.07) is 7.75. The van der Waals surface area contributed by atoms with Gasteiger partial charge in [-0.3, -0.25) is 4.79 Å². The van der Waals surface area contributed by atoms with E-state index in [4.69, 9.17) is 9.47 Å². The molecule has 0 unspecified atom stereocenters. The van der Waals surface area contributed by atoms with E-state index in [0.29, 0.717) is 17.9 Å². The Hall–Kier alpha value is -2.52. The summed E-state index contributed by atoms with van der Waals surface area (Å²) < 4.78 is 10.9. The molecule has 1 atom stereocenters. The molecule has 0 saturated carbocycles. The first-order valence-electron chi connectivity index (χ1n) is 9.07. The molecule has 0 radical (unpaired) electrons. The van der Waals surface area contributed by atoms with Gasteiger partial charge in [0.2, 0.25) is 0 Å². The molecule has 0 aliphatic carbocycles. The summed E-state index contributed by atoms with van der Waals surface area (Å²) in [6.45, 7) is 7.13. The molecular formula is C20H27N3O3. The molecule has 1 heterocycles. The maximum Gasteiger partial charge on any atom is 0.262 e. The molecule has 1 aromatic carbocycles. The lowest BCUT2D eigenvalue weighted by atomic mass is 10.1. The maximum absolute atomic E-state index is 12.3. The Morgan fingerprint density at radius 3 is 2.81 bits per heavy atom. The predicted molar refractivity (Wildman–Crippen MR) is 102 cm³/mol. The Labute approximate surface area is 155 Å². The van der Waals surface area contributed by atoms with Crippen LogP contribution in [0.25, 0.3) is 6.08 Å². The Morgan fingerprint density at radius 1 is 1.46 bits per heavy atom. The highest BCUT2D eigenvalue weighted by Crippen LogP contribution is 2.27. The number of methoxy groups -OCH3 is 1. The van der Waals surface area contributed by atoms with Crippen molar-refractivity contribution < 1.29 is 14.3 Å². The number of ether oxygens (including phenoxy) is 2.